The van der Waals surface area contributed by atoms with Gasteiger partial charge in [0.05, 0.1) is 22.6 Å². The van der Waals surface area contributed by atoms with Gasteiger partial charge >= 0.3 is 0 Å². The minimum atomic E-state index is -3.78. The van der Waals surface area contributed by atoms with E-state index >= 15 is 0 Å². The van der Waals surface area contributed by atoms with Crippen LogP contribution in [0.2, 0.25) is 0 Å². The van der Waals surface area contributed by atoms with Crippen LogP contribution in [0, 0.1) is 0 Å². The highest BCUT2D eigenvalue weighted by Gasteiger charge is 2.16. The molecule has 0 spiro atoms. The number of benzene rings is 2. The highest BCUT2D eigenvalue weighted by Crippen LogP contribution is 2.26. The van der Waals surface area contributed by atoms with Crippen LogP contribution in [-0.2, 0) is 10.0 Å². The Morgan fingerprint density at radius 2 is 1.73 bits per heavy atom. The lowest BCUT2D eigenvalue weighted by molar-refractivity contribution is 0.103. The number of amides is 1. The van der Waals surface area contributed by atoms with Crippen molar-refractivity contribution in [2.75, 3.05) is 17.1 Å². The Morgan fingerprint density at radius 3 is 2.38 bits per heavy atom. The van der Waals surface area contributed by atoms with Gasteiger partial charge in [-0.05, 0) is 47.8 Å². The molecule has 0 bridgehead atoms. The molecule has 6 nitrogen and oxygen atoms in total. The van der Waals surface area contributed by atoms with E-state index in [1.807, 2.05) is 5.38 Å². The van der Waals surface area contributed by atoms with Gasteiger partial charge in [0.2, 0.25) is 0 Å². The fraction of sp³-hybridized carbons (Fsp3) is 0.0556. The van der Waals surface area contributed by atoms with E-state index in [0.717, 1.165) is 0 Å². The SMILES string of the molecule is COc1ccccc1NS(=O)(=O)c1ccc(NC(=O)c2cccs2)cc1. The number of hydrogen-bond donors (Lipinski definition) is 2. The Labute approximate surface area is 155 Å². The van der Waals surface area contributed by atoms with Crippen molar-refractivity contribution in [3.8, 4) is 5.75 Å². The van der Waals surface area contributed by atoms with Crippen LogP contribution in [-0.4, -0.2) is 21.4 Å². The molecule has 0 aliphatic rings. The van der Waals surface area contributed by atoms with Gasteiger partial charge in [0.15, 0.2) is 0 Å². The van der Waals surface area contributed by atoms with Gasteiger partial charge in [-0.2, -0.15) is 0 Å². The molecule has 134 valence electrons. The first-order chi connectivity index (χ1) is 12.5. The molecular weight excluding hydrogens is 372 g/mol. The molecule has 0 saturated carbocycles. The maximum atomic E-state index is 12.5. The molecule has 0 saturated heterocycles. The topological polar surface area (TPSA) is 84.5 Å². The van der Waals surface area contributed by atoms with Gasteiger partial charge in [0.25, 0.3) is 15.9 Å². The second-order valence-electron chi connectivity index (χ2n) is 5.26. The van der Waals surface area contributed by atoms with E-state index in [9.17, 15) is 13.2 Å². The summed E-state index contributed by atoms with van der Waals surface area (Å²) in [5, 5.41) is 4.54. The number of carbonyl (C=O) groups is 1. The van der Waals surface area contributed by atoms with E-state index < -0.39 is 10.0 Å². The van der Waals surface area contributed by atoms with Gasteiger partial charge < -0.3 is 10.1 Å². The number of methoxy groups -OCH3 is 1. The summed E-state index contributed by atoms with van der Waals surface area (Å²) in [4.78, 5) is 12.7. The lowest BCUT2D eigenvalue weighted by Gasteiger charge is -2.12. The molecule has 2 aromatic carbocycles. The number of thiophene rings is 1. The standard InChI is InChI=1S/C18H16N2O4S2/c1-24-16-6-3-2-5-15(16)20-26(22,23)14-10-8-13(9-11-14)19-18(21)17-7-4-12-25-17/h2-12,20H,1H3,(H,19,21). The number of para-hydroxylation sites is 2. The Morgan fingerprint density at radius 1 is 1.00 bits per heavy atom. The van der Waals surface area contributed by atoms with E-state index in [1.165, 1.54) is 30.6 Å². The summed E-state index contributed by atoms with van der Waals surface area (Å²) in [7, 11) is -2.30. The highest BCUT2D eigenvalue weighted by molar-refractivity contribution is 7.92. The zero-order valence-corrected chi connectivity index (χ0v) is 15.4. The van der Waals surface area contributed by atoms with E-state index in [4.69, 9.17) is 4.74 Å². The Balaban J connectivity index is 1.75. The number of carbonyl (C=O) groups excluding carboxylic acids is 1. The number of ether oxygens (including phenoxy) is 1. The molecule has 3 aromatic rings. The number of hydrogen-bond acceptors (Lipinski definition) is 5. The Bertz CT molecular complexity index is 998. The molecule has 1 aromatic heterocycles. The fourth-order valence-corrected chi connectivity index (χ4v) is 3.94. The lowest BCUT2D eigenvalue weighted by atomic mass is 10.3. The van der Waals surface area contributed by atoms with Crippen molar-refractivity contribution >= 4 is 38.6 Å². The van der Waals surface area contributed by atoms with Crippen LogP contribution in [0.3, 0.4) is 0 Å². The van der Waals surface area contributed by atoms with Crippen LogP contribution in [0.15, 0.2) is 70.9 Å². The summed E-state index contributed by atoms with van der Waals surface area (Å²) in [5.74, 6) is 0.193. The fourth-order valence-electron chi connectivity index (χ4n) is 2.25. The molecular formula is C18H16N2O4S2. The van der Waals surface area contributed by atoms with Crippen molar-refractivity contribution in [3.05, 3.63) is 70.9 Å². The molecule has 26 heavy (non-hydrogen) atoms. The third kappa shape index (κ3) is 4.04. The average Bonchev–Trinajstić information content (AvgIpc) is 3.17. The van der Waals surface area contributed by atoms with Crippen molar-refractivity contribution in [1.29, 1.82) is 0 Å². The van der Waals surface area contributed by atoms with Gasteiger partial charge in [-0.25, -0.2) is 8.42 Å². The summed E-state index contributed by atoms with van der Waals surface area (Å²) in [6.45, 7) is 0. The molecule has 8 heteroatoms. The van der Waals surface area contributed by atoms with E-state index in [2.05, 4.69) is 10.0 Å². The predicted molar refractivity (Wildman–Crippen MR) is 103 cm³/mol. The van der Waals surface area contributed by atoms with Gasteiger partial charge in [-0.3, -0.25) is 9.52 Å². The minimum Gasteiger partial charge on any atom is -0.495 e. The molecule has 1 heterocycles. The molecule has 0 unspecified atom stereocenters. The van der Waals surface area contributed by atoms with Gasteiger partial charge in [-0.1, -0.05) is 18.2 Å². The first-order valence-electron chi connectivity index (χ1n) is 7.60. The Hall–Kier alpha value is -2.84. The first kappa shape index (κ1) is 18.0. The van der Waals surface area contributed by atoms with Crippen LogP contribution in [0.25, 0.3) is 0 Å². The van der Waals surface area contributed by atoms with Crippen molar-refractivity contribution in [2.24, 2.45) is 0 Å². The molecule has 0 fully saturated rings. The number of nitrogens with one attached hydrogen (secondary N) is 2. The van der Waals surface area contributed by atoms with Crippen LogP contribution in [0.5, 0.6) is 5.75 Å². The molecule has 3 rings (SSSR count). The molecule has 0 aliphatic carbocycles. The van der Waals surface area contributed by atoms with Crippen molar-refractivity contribution < 1.29 is 17.9 Å². The largest absolute Gasteiger partial charge is 0.495 e. The zero-order valence-electron chi connectivity index (χ0n) is 13.8. The van der Waals surface area contributed by atoms with Gasteiger partial charge in [-0.15, -0.1) is 11.3 Å². The summed E-state index contributed by atoms with van der Waals surface area (Å²) in [6, 6.07) is 16.2. The number of sulfonamides is 1. The molecule has 0 atom stereocenters. The predicted octanol–water partition coefficient (Wildman–Crippen LogP) is 3.81. The smallest absolute Gasteiger partial charge is 0.265 e. The van der Waals surface area contributed by atoms with E-state index in [-0.39, 0.29) is 10.8 Å². The monoisotopic (exact) mass is 388 g/mol. The zero-order chi connectivity index (χ0) is 18.6. The minimum absolute atomic E-state index is 0.0810. The van der Waals surface area contributed by atoms with Crippen molar-refractivity contribution in [1.82, 2.24) is 0 Å². The average molecular weight is 388 g/mol. The summed E-state index contributed by atoms with van der Waals surface area (Å²) >= 11 is 1.33. The second-order valence-corrected chi connectivity index (χ2v) is 7.89. The first-order valence-corrected chi connectivity index (χ1v) is 9.96. The molecule has 2 N–H and O–H groups in total. The van der Waals surface area contributed by atoms with Crippen LogP contribution in [0.4, 0.5) is 11.4 Å². The van der Waals surface area contributed by atoms with Crippen molar-refractivity contribution in [3.63, 3.8) is 0 Å². The van der Waals surface area contributed by atoms with E-state index in [1.54, 1.807) is 48.5 Å². The van der Waals surface area contributed by atoms with Crippen LogP contribution >= 0.6 is 11.3 Å². The van der Waals surface area contributed by atoms with E-state index in [0.29, 0.717) is 22.0 Å². The normalized spacial score (nSPS) is 11.0. The third-order valence-corrected chi connectivity index (χ3v) is 5.77. The number of anilines is 2. The molecule has 1 amide bonds. The number of rotatable bonds is 6. The van der Waals surface area contributed by atoms with Gasteiger partial charge in [0, 0.05) is 5.69 Å². The summed E-state index contributed by atoms with van der Waals surface area (Å²) < 4.78 is 32.7. The second kappa shape index (κ2) is 7.59. The quantitative estimate of drug-likeness (QED) is 0.672. The summed E-state index contributed by atoms with van der Waals surface area (Å²) in [5.41, 5.74) is 0.865. The van der Waals surface area contributed by atoms with Gasteiger partial charge in [0.1, 0.15) is 5.75 Å². The third-order valence-electron chi connectivity index (χ3n) is 3.52. The molecule has 0 radical (unpaired) electrons. The Kier molecular flexibility index (Phi) is 5.24. The molecule has 0 aliphatic heterocycles. The maximum Gasteiger partial charge on any atom is 0.265 e. The maximum absolute atomic E-state index is 12.5. The van der Waals surface area contributed by atoms with Crippen molar-refractivity contribution in [2.45, 2.75) is 4.90 Å². The lowest BCUT2D eigenvalue weighted by Crippen LogP contribution is -2.14. The summed E-state index contributed by atoms with van der Waals surface area (Å²) in [6.07, 6.45) is 0. The van der Waals surface area contributed by atoms with Crippen LogP contribution in [0.1, 0.15) is 9.67 Å². The highest BCUT2D eigenvalue weighted by atomic mass is 32.2. The van der Waals surface area contributed by atoms with Crippen LogP contribution < -0.4 is 14.8 Å².